The summed E-state index contributed by atoms with van der Waals surface area (Å²) in [5, 5.41) is 22.4. The number of amides is 2. The van der Waals surface area contributed by atoms with E-state index in [-0.39, 0.29) is 6.54 Å². The average Bonchev–Trinajstić information content (AvgIpc) is 2.94. The molecule has 0 spiro atoms. The van der Waals surface area contributed by atoms with Crippen LogP contribution in [0.5, 0.6) is 0 Å². The van der Waals surface area contributed by atoms with Crippen LogP contribution in [0.1, 0.15) is 6.92 Å². The summed E-state index contributed by atoms with van der Waals surface area (Å²) in [4.78, 5) is 33.8. The third-order valence-corrected chi connectivity index (χ3v) is 5.77. The van der Waals surface area contributed by atoms with Gasteiger partial charge in [-0.25, -0.2) is 4.72 Å². The molecule has 0 aromatic heterocycles. The number of carbonyl (C=O) groups is 3. The molecule has 0 bridgehead atoms. The monoisotopic (exact) mass is 339 g/mol. The Morgan fingerprint density at radius 3 is 2.67 bits per heavy atom. The minimum atomic E-state index is -1.16. The maximum absolute atomic E-state index is 11.8. The SMILES string of the molecule is C[C@H](NC(=O)CNC(=O)[C@H](CO)NS1=PCCO1)C(=O)O. The maximum Gasteiger partial charge on any atom is 0.325 e. The van der Waals surface area contributed by atoms with E-state index in [4.69, 9.17) is 9.29 Å². The number of carboxylic acid groups (broad SMARTS) is 1. The fraction of sp³-hybridized carbons (Fsp3) is 0.700. The lowest BCUT2D eigenvalue weighted by molar-refractivity contribution is -0.141. The Hall–Kier alpha value is -1.06. The minimum Gasteiger partial charge on any atom is -0.480 e. The van der Waals surface area contributed by atoms with Crippen molar-refractivity contribution in [2.75, 3.05) is 25.9 Å². The number of rotatable bonds is 8. The number of aliphatic hydroxyl groups is 1. The van der Waals surface area contributed by atoms with Crippen molar-refractivity contribution in [1.29, 1.82) is 0 Å². The first kappa shape index (κ1) is 18.0. The smallest absolute Gasteiger partial charge is 0.325 e. The van der Waals surface area contributed by atoms with E-state index in [1.165, 1.54) is 6.92 Å². The number of carboxylic acids is 1. The Bertz CT molecular complexity index is 447. The Kier molecular flexibility index (Phi) is 7.76. The fourth-order valence-electron chi connectivity index (χ4n) is 1.29. The largest absolute Gasteiger partial charge is 0.480 e. The van der Waals surface area contributed by atoms with E-state index in [9.17, 15) is 19.5 Å². The molecular weight excluding hydrogens is 321 g/mol. The van der Waals surface area contributed by atoms with Crippen LogP contribution in [-0.2, 0) is 29.1 Å². The van der Waals surface area contributed by atoms with E-state index in [0.29, 0.717) is 6.61 Å². The lowest BCUT2D eigenvalue weighted by Gasteiger charge is -2.16. The Morgan fingerprint density at radius 2 is 2.14 bits per heavy atom. The van der Waals surface area contributed by atoms with Gasteiger partial charge in [-0.2, -0.15) is 0 Å². The maximum atomic E-state index is 11.8. The molecule has 21 heavy (non-hydrogen) atoms. The van der Waals surface area contributed by atoms with Crippen LogP contribution in [-0.4, -0.2) is 66.0 Å². The van der Waals surface area contributed by atoms with E-state index >= 15 is 0 Å². The van der Waals surface area contributed by atoms with Gasteiger partial charge in [0.2, 0.25) is 11.8 Å². The third-order valence-electron chi connectivity index (χ3n) is 2.41. The summed E-state index contributed by atoms with van der Waals surface area (Å²) < 4.78 is 8.16. The molecule has 1 aliphatic heterocycles. The van der Waals surface area contributed by atoms with Gasteiger partial charge in [0.15, 0.2) is 0 Å². The van der Waals surface area contributed by atoms with E-state index in [2.05, 4.69) is 15.4 Å². The lowest BCUT2D eigenvalue weighted by Crippen LogP contribution is -2.50. The highest BCUT2D eigenvalue weighted by Gasteiger charge is 2.21. The van der Waals surface area contributed by atoms with Crippen LogP contribution in [0, 0.1) is 0 Å². The van der Waals surface area contributed by atoms with Gasteiger partial charge in [0, 0.05) is 16.7 Å². The first-order valence-corrected chi connectivity index (χ1v) is 8.99. The van der Waals surface area contributed by atoms with Crippen molar-refractivity contribution in [3.63, 3.8) is 0 Å². The number of aliphatic hydroxyl groups excluding tert-OH is 1. The van der Waals surface area contributed by atoms with Gasteiger partial charge in [-0.3, -0.25) is 14.4 Å². The van der Waals surface area contributed by atoms with Gasteiger partial charge in [-0.15, -0.1) is 0 Å². The quantitative estimate of drug-likeness (QED) is 0.322. The molecule has 0 radical (unpaired) electrons. The lowest BCUT2D eigenvalue weighted by atomic mass is 10.3. The van der Waals surface area contributed by atoms with E-state index in [1.54, 1.807) is 0 Å². The highest BCUT2D eigenvalue weighted by atomic mass is 32.5. The molecule has 2 amide bonds. The number of carbonyl (C=O) groups excluding carboxylic acids is 2. The summed E-state index contributed by atoms with van der Waals surface area (Å²) >= 11 is 0. The van der Waals surface area contributed by atoms with Crippen molar-refractivity contribution in [2.45, 2.75) is 19.0 Å². The second-order valence-corrected chi connectivity index (χ2v) is 7.57. The molecule has 0 fully saturated rings. The zero-order valence-electron chi connectivity index (χ0n) is 11.4. The molecule has 0 saturated heterocycles. The summed E-state index contributed by atoms with van der Waals surface area (Å²) in [7, 11) is 0.434. The molecule has 0 aliphatic carbocycles. The standard InChI is InChI=1S/C10H18N3O6PS/c1-6(10(17)18)12-8(15)4-11-9(16)7(5-14)13-21-19-2-3-20-21/h6-7,13-14H,2-5H2,1H3,(H,11,16)(H,12,15)(H,17,18)/t6-,7-,21?/m0/s1. The average molecular weight is 339 g/mol. The number of hydrogen-bond acceptors (Lipinski definition) is 6. The molecule has 0 aromatic carbocycles. The number of aliphatic carboxylic acids is 1. The van der Waals surface area contributed by atoms with Gasteiger partial charge < -0.3 is 25.0 Å². The predicted octanol–water partition coefficient (Wildman–Crippen LogP) is -2.02. The van der Waals surface area contributed by atoms with E-state index in [1.807, 2.05) is 0 Å². The summed E-state index contributed by atoms with van der Waals surface area (Å²) in [6.07, 6.45) is 0.866. The van der Waals surface area contributed by atoms with Gasteiger partial charge >= 0.3 is 5.97 Å². The molecule has 9 nitrogen and oxygen atoms in total. The number of hydrogen-bond donors (Lipinski definition) is 5. The highest BCUT2D eigenvalue weighted by molar-refractivity contribution is 8.17. The molecule has 3 atom stereocenters. The molecule has 5 N–H and O–H groups in total. The molecule has 1 unspecified atom stereocenters. The van der Waals surface area contributed by atoms with Gasteiger partial charge in [-0.1, -0.05) is 0 Å². The molecule has 0 aromatic rings. The van der Waals surface area contributed by atoms with Crippen molar-refractivity contribution >= 4 is 35.7 Å². The van der Waals surface area contributed by atoms with Gasteiger partial charge in [-0.05, 0) is 14.3 Å². The van der Waals surface area contributed by atoms with Crippen molar-refractivity contribution < 1.29 is 28.8 Å². The normalized spacial score (nSPS) is 21.0. The Labute approximate surface area is 125 Å². The Morgan fingerprint density at radius 1 is 1.43 bits per heavy atom. The molecule has 1 aliphatic rings. The second kappa shape index (κ2) is 9.06. The van der Waals surface area contributed by atoms with Crippen LogP contribution in [0.25, 0.3) is 0 Å². The van der Waals surface area contributed by atoms with Crippen molar-refractivity contribution in [1.82, 2.24) is 15.4 Å². The second-order valence-electron chi connectivity index (χ2n) is 4.12. The topological polar surface area (TPSA) is 137 Å². The zero-order chi connectivity index (χ0) is 15.8. The van der Waals surface area contributed by atoms with Crippen molar-refractivity contribution in [3.8, 4) is 0 Å². The van der Waals surface area contributed by atoms with Crippen molar-refractivity contribution in [3.05, 3.63) is 0 Å². The van der Waals surface area contributed by atoms with Crippen LogP contribution < -0.4 is 15.4 Å². The molecule has 120 valence electrons. The molecule has 1 rings (SSSR count). The van der Waals surface area contributed by atoms with Crippen LogP contribution in [0.3, 0.4) is 0 Å². The molecular formula is C10H18N3O6PS. The predicted molar refractivity (Wildman–Crippen MR) is 77.4 cm³/mol. The van der Waals surface area contributed by atoms with Gasteiger partial charge in [0.25, 0.3) is 0 Å². The summed E-state index contributed by atoms with van der Waals surface area (Å²) in [5.74, 6) is -2.33. The first-order valence-electron chi connectivity index (χ1n) is 6.16. The van der Waals surface area contributed by atoms with E-state index in [0.717, 1.165) is 13.5 Å². The van der Waals surface area contributed by atoms with Crippen LogP contribution in [0.2, 0.25) is 0 Å². The van der Waals surface area contributed by atoms with Crippen LogP contribution in [0.15, 0.2) is 0 Å². The van der Waals surface area contributed by atoms with Gasteiger partial charge in [0.1, 0.15) is 12.1 Å². The molecule has 0 saturated carbocycles. The number of nitrogens with one attached hydrogen (secondary N) is 3. The highest BCUT2D eigenvalue weighted by Crippen LogP contribution is 2.12. The zero-order valence-corrected chi connectivity index (χ0v) is 13.1. The summed E-state index contributed by atoms with van der Waals surface area (Å²) in [6, 6.07) is -1.91. The summed E-state index contributed by atoms with van der Waals surface area (Å²) in [5.41, 5.74) is 0. The van der Waals surface area contributed by atoms with E-state index < -0.39 is 47.0 Å². The molecule has 1 heterocycles. The minimum absolute atomic E-state index is 0.360. The summed E-state index contributed by atoms with van der Waals surface area (Å²) in [6.45, 7) is 1.13. The van der Waals surface area contributed by atoms with Crippen molar-refractivity contribution in [2.24, 2.45) is 0 Å². The van der Waals surface area contributed by atoms with Crippen LogP contribution >= 0.6 is 7.36 Å². The first-order chi connectivity index (χ1) is 9.93. The van der Waals surface area contributed by atoms with Crippen LogP contribution in [0.4, 0.5) is 0 Å². The molecule has 11 heteroatoms. The Balaban J connectivity index is 2.36. The fourth-order valence-corrected chi connectivity index (χ4v) is 4.40. The van der Waals surface area contributed by atoms with Gasteiger partial charge in [0.05, 0.1) is 19.8 Å². The third kappa shape index (κ3) is 6.49.